The Bertz CT molecular complexity index is 917. The van der Waals surface area contributed by atoms with Gasteiger partial charge in [-0.25, -0.2) is 4.68 Å². The Hall–Kier alpha value is -3.55. The number of aromatic nitrogens is 4. The van der Waals surface area contributed by atoms with Crippen LogP contribution in [0.25, 0.3) is 11.4 Å². The van der Waals surface area contributed by atoms with Crippen LogP contribution in [0.15, 0.2) is 48.5 Å². The number of amides is 2. The number of nitrogens with zero attached hydrogens (tertiary/aromatic N) is 4. The molecule has 2 aromatic carbocycles. The second-order valence-electron chi connectivity index (χ2n) is 5.32. The molecule has 1 heterocycles. The second-order valence-corrected chi connectivity index (χ2v) is 5.32. The van der Waals surface area contributed by atoms with E-state index in [1.165, 1.54) is 4.68 Å². The molecule has 0 spiro atoms. The van der Waals surface area contributed by atoms with Gasteiger partial charge in [0.05, 0.1) is 0 Å². The standard InChI is InChI=1S/C17H16N6O2/c1-18-16(24)11-6-8-14(9-7-11)19-17(25)13-5-3-4-12(10-13)15-20-21-22-23(15)2/h3-10H,1-2H3,(H,18,24)(H,19,25). The van der Waals surface area contributed by atoms with E-state index in [4.69, 9.17) is 0 Å². The van der Waals surface area contributed by atoms with Crippen LogP contribution in [0, 0.1) is 0 Å². The van der Waals surface area contributed by atoms with Gasteiger partial charge in [0.25, 0.3) is 11.8 Å². The lowest BCUT2D eigenvalue weighted by Crippen LogP contribution is -2.17. The minimum absolute atomic E-state index is 0.178. The minimum Gasteiger partial charge on any atom is -0.355 e. The fourth-order valence-corrected chi connectivity index (χ4v) is 2.33. The summed E-state index contributed by atoms with van der Waals surface area (Å²) >= 11 is 0. The number of tetrazole rings is 1. The lowest BCUT2D eigenvalue weighted by molar-refractivity contribution is 0.0962. The molecule has 0 aliphatic rings. The van der Waals surface area contributed by atoms with Gasteiger partial charge in [-0.2, -0.15) is 0 Å². The van der Waals surface area contributed by atoms with E-state index >= 15 is 0 Å². The van der Waals surface area contributed by atoms with Crippen LogP contribution in [0.3, 0.4) is 0 Å². The fraction of sp³-hybridized carbons (Fsp3) is 0.118. The van der Waals surface area contributed by atoms with Crippen molar-refractivity contribution in [2.45, 2.75) is 0 Å². The fourth-order valence-electron chi connectivity index (χ4n) is 2.33. The van der Waals surface area contributed by atoms with Gasteiger partial charge in [-0.05, 0) is 46.8 Å². The third kappa shape index (κ3) is 3.52. The first-order chi connectivity index (χ1) is 12.1. The van der Waals surface area contributed by atoms with Gasteiger partial charge in [-0.3, -0.25) is 9.59 Å². The monoisotopic (exact) mass is 336 g/mol. The van der Waals surface area contributed by atoms with Crippen molar-refractivity contribution in [2.75, 3.05) is 12.4 Å². The SMILES string of the molecule is CNC(=O)c1ccc(NC(=O)c2cccc(-c3nnnn3C)c2)cc1. The normalized spacial score (nSPS) is 10.3. The topological polar surface area (TPSA) is 102 Å². The van der Waals surface area contributed by atoms with Crippen molar-refractivity contribution in [3.05, 3.63) is 59.7 Å². The van der Waals surface area contributed by atoms with E-state index in [9.17, 15) is 9.59 Å². The summed E-state index contributed by atoms with van der Waals surface area (Å²) in [5.74, 6) is 0.136. The van der Waals surface area contributed by atoms with Crippen molar-refractivity contribution in [1.82, 2.24) is 25.5 Å². The van der Waals surface area contributed by atoms with Crippen LogP contribution >= 0.6 is 0 Å². The van der Waals surface area contributed by atoms with E-state index in [0.717, 1.165) is 5.56 Å². The summed E-state index contributed by atoms with van der Waals surface area (Å²) in [5.41, 5.74) is 2.35. The number of carbonyl (C=O) groups is 2. The summed E-state index contributed by atoms with van der Waals surface area (Å²) in [6.07, 6.45) is 0. The van der Waals surface area contributed by atoms with Gasteiger partial charge >= 0.3 is 0 Å². The quantitative estimate of drug-likeness (QED) is 0.751. The number of hydrogen-bond donors (Lipinski definition) is 2. The number of carbonyl (C=O) groups excluding carboxylic acids is 2. The lowest BCUT2D eigenvalue weighted by Gasteiger charge is -2.07. The molecule has 0 saturated carbocycles. The summed E-state index contributed by atoms with van der Waals surface area (Å²) in [6.45, 7) is 0. The molecule has 8 nitrogen and oxygen atoms in total. The Kier molecular flexibility index (Phi) is 4.51. The second kappa shape index (κ2) is 6.91. The third-order valence-electron chi connectivity index (χ3n) is 3.64. The molecule has 0 radical (unpaired) electrons. The molecule has 0 bridgehead atoms. The molecule has 0 atom stereocenters. The molecular formula is C17H16N6O2. The molecule has 25 heavy (non-hydrogen) atoms. The van der Waals surface area contributed by atoms with Gasteiger partial charge in [-0.1, -0.05) is 12.1 Å². The first-order valence-corrected chi connectivity index (χ1v) is 7.55. The molecule has 2 N–H and O–H groups in total. The number of rotatable bonds is 4. The first-order valence-electron chi connectivity index (χ1n) is 7.55. The number of benzene rings is 2. The van der Waals surface area contributed by atoms with Crippen LogP contribution in [-0.2, 0) is 7.05 Å². The van der Waals surface area contributed by atoms with Crippen LogP contribution in [0.1, 0.15) is 20.7 Å². The lowest BCUT2D eigenvalue weighted by atomic mass is 10.1. The number of hydrogen-bond acceptors (Lipinski definition) is 5. The molecule has 0 fully saturated rings. The van der Waals surface area contributed by atoms with Gasteiger partial charge in [-0.15, -0.1) is 5.10 Å². The van der Waals surface area contributed by atoms with Gasteiger partial charge in [0.15, 0.2) is 5.82 Å². The van der Waals surface area contributed by atoms with Gasteiger partial charge in [0.2, 0.25) is 0 Å². The Morgan fingerprint density at radius 1 is 1.00 bits per heavy atom. The molecule has 0 unspecified atom stereocenters. The van der Waals surface area contributed by atoms with E-state index in [0.29, 0.717) is 22.6 Å². The molecule has 8 heteroatoms. The van der Waals surface area contributed by atoms with Crippen LogP contribution in [-0.4, -0.2) is 39.1 Å². The molecule has 0 aliphatic carbocycles. The highest BCUT2D eigenvalue weighted by Crippen LogP contribution is 2.18. The molecule has 126 valence electrons. The number of nitrogens with one attached hydrogen (secondary N) is 2. The maximum absolute atomic E-state index is 12.4. The Morgan fingerprint density at radius 3 is 2.40 bits per heavy atom. The molecule has 3 rings (SSSR count). The van der Waals surface area contributed by atoms with Crippen LogP contribution in [0.2, 0.25) is 0 Å². The van der Waals surface area contributed by atoms with Crippen molar-refractivity contribution in [3.63, 3.8) is 0 Å². The Morgan fingerprint density at radius 2 is 1.76 bits per heavy atom. The van der Waals surface area contributed by atoms with Gasteiger partial charge < -0.3 is 10.6 Å². The van der Waals surface area contributed by atoms with Gasteiger partial charge in [0.1, 0.15) is 0 Å². The largest absolute Gasteiger partial charge is 0.355 e. The molecule has 1 aromatic heterocycles. The molecule has 0 saturated heterocycles. The molecule has 0 aliphatic heterocycles. The molecule has 2 amide bonds. The van der Waals surface area contributed by atoms with Crippen molar-refractivity contribution < 1.29 is 9.59 Å². The van der Waals surface area contributed by atoms with E-state index in [2.05, 4.69) is 26.2 Å². The minimum atomic E-state index is -0.260. The summed E-state index contributed by atoms with van der Waals surface area (Å²) in [7, 11) is 3.30. The van der Waals surface area contributed by atoms with E-state index in [-0.39, 0.29) is 11.8 Å². The van der Waals surface area contributed by atoms with Crippen LogP contribution in [0.4, 0.5) is 5.69 Å². The molecule has 3 aromatic rings. The zero-order valence-corrected chi connectivity index (χ0v) is 13.7. The zero-order chi connectivity index (χ0) is 17.8. The van der Waals surface area contributed by atoms with Gasteiger partial charge in [0, 0.05) is 36.5 Å². The van der Waals surface area contributed by atoms with E-state index < -0.39 is 0 Å². The summed E-state index contributed by atoms with van der Waals surface area (Å²) in [6, 6.07) is 13.7. The maximum Gasteiger partial charge on any atom is 0.255 e. The summed E-state index contributed by atoms with van der Waals surface area (Å²) in [4.78, 5) is 24.0. The van der Waals surface area contributed by atoms with Crippen molar-refractivity contribution in [3.8, 4) is 11.4 Å². The van der Waals surface area contributed by atoms with Crippen LogP contribution < -0.4 is 10.6 Å². The highest BCUT2D eigenvalue weighted by atomic mass is 16.2. The average molecular weight is 336 g/mol. The highest BCUT2D eigenvalue weighted by Gasteiger charge is 2.11. The third-order valence-corrected chi connectivity index (χ3v) is 3.64. The molecular weight excluding hydrogens is 320 g/mol. The zero-order valence-electron chi connectivity index (χ0n) is 13.7. The summed E-state index contributed by atoms with van der Waals surface area (Å²) < 4.78 is 1.54. The predicted molar refractivity (Wildman–Crippen MR) is 92.0 cm³/mol. The van der Waals surface area contributed by atoms with E-state index in [1.807, 2.05) is 6.07 Å². The maximum atomic E-state index is 12.4. The highest BCUT2D eigenvalue weighted by molar-refractivity contribution is 6.05. The smallest absolute Gasteiger partial charge is 0.255 e. The van der Waals surface area contributed by atoms with Crippen molar-refractivity contribution >= 4 is 17.5 Å². The summed E-state index contributed by atoms with van der Waals surface area (Å²) in [5, 5.41) is 16.7. The Labute approximate surface area is 143 Å². The van der Waals surface area contributed by atoms with Crippen molar-refractivity contribution in [2.24, 2.45) is 7.05 Å². The number of aryl methyl sites for hydroxylation is 1. The average Bonchev–Trinajstić information content (AvgIpc) is 3.07. The van der Waals surface area contributed by atoms with Crippen molar-refractivity contribution in [1.29, 1.82) is 0 Å². The Balaban J connectivity index is 1.78. The number of anilines is 1. The first kappa shape index (κ1) is 16.3. The van der Waals surface area contributed by atoms with E-state index in [1.54, 1.807) is 56.6 Å². The van der Waals surface area contributed by atoms with Crippen LogP contribution in [0.5, 0.6) is 0 Å². The predicted octanol–water partition coefficient (Wildman–Crippen LogP) is 1.49.